The third-order valence-electron chi connectivity index (χ3n) is 4.23. The van der Waals surface area contributed by atoms with Crippen molar-refractivity contribution < 1.29 is 35.2 Å². The van der Waals surface area contributed by atoms with Crippen LogP contribution in [-0.2, 0) is 0 Å². The van der Waals surface area contributed by atoms with Crippen LogP contribution in [0.1, 0.15) is 0 Å². The minimum absolute atomic E-state index is 0. The monoisotopic (exact) mass is 450 g/mol. The summed E-state index contributed by atoms with van der Waals surface area (Å²) in [6, 6.07) is 21.6. The first-order chi connectivity index (χ1) is 14.8. The van der Waals surface area contributed by atoms with E-state index in [0.717, 1.165) is 11.1 Å². The third-order valence-corrected chi connectivity index (χ3v) is 4.23. The highest BCUT2D eigenvalue weighted by Gasteiger charge is 2.20. The molecular formula is C23H14BF7O. The van der Waals surface area contributed by atoms with Gasteiger partial charge in [0, 0.05) is 5.56 Å². The van der Waals surface area contributed by atoms with Crippen molar-refractivity contribution in [3.63, 3.8) is 0 Å². The molecular weight excluding hydrogens is 436 g/mol. The van der Waals surface area contributed by atoms with Crippen molar-refractivity contribution in [1.82, 2.24) is 0 Å². The Morgan fingerprint density at radius 1 is 0.469 bits per heavy atom. The molecule has 0 unspecified atom stereocenters. The molecule has 32 heavy (non-hydrogen) atoms. The van der Waals surface area contributed by atoms with Crippen molar-refractivity contribution in [1.29, 1.82) is 0 Å². The molecule has 0 saturated heterocycles. The summed E-state index contributed by atoms with van der Waals surface area (Å²) in [4.78, 5) is 0. The molecule has 0 N–H and O–H groups in total. The van der Waals surface area contributed by atoms with Gasteiger partial charge in [0.2, 0.25) is 0 Å². The van der Waals surface area contributed by atoms with Gasteiger partial charge in [0.25, 0.3) is 0 Å². The highest BCUT2D eigenvalue weighted by atomic mass is 19.4. The summed E-state index contributed by atoms with van der Waals surface area (Å²) in [6.07, 6.45) is 0. The Bertz CT molecular complexity index is 976. The molecule has 0 aliphatic rings. The zero-order valence-electron chi connectivity index (χ0n) is 16.2. The fraction of sp³-hybridized carbons (Fsp3) is 0. The Morgan fingerprint density at radius 3 is 1.06 bits per heavy atom. The fourth-order valence-electron chi connectivity index (χ4n) is 2.82. The van der Waals surface area contributed by atoms with Gasteiger partial charge in [-0.25, -0.2) is 17.6 Å². The van der Waals surface area contributed by atoms with Crippen LogP contribution in [0.4, 0.5) is 26.1 Å². The standard InChI is InChI=1S/C23H14F3O.BF3.FH/c24-19-7-1-15(2-8-19)18-13-22(16-3-9-20(25)10-4-16)27-23(14-18)17-5-11-21(26)12-6-17;2-1(3)4;/h1-14H;;1H/q+1;;/p-1. The molecule has 0 fully saturated rings. The van der Waals surface area contributed by atoms with E-state index >= 15 is 0 Å². The van der Waals surface area contributed by atoms with Gasteiger partial charge >= 0.3 is 19.1 Å². The average Bonchev–Trinajstić information content (AvgIpc) is 2.74. The molecule has 0 radical (unpaired) electrons. The Kier molecular flexibility index (Phi) is 8.58. The SMILES string of the molecule is FB(F)F.Fc1ccc(-c2cc(-c3ccc(F)cc3)[o+]c(-c3ccc(F)cc3)c2)cc1.[F-]. The Hall–Kier alpha value is -3.62. The minimum Gasteiger partial charge on any atom is -1.00 e. The van der Waals surface area contributed by atoms with Crippen LogP contribution in [-0.4, -0.2) is 7.54 Å². The number of benzene rings is 3. The lowest BCUT2D eigenvalue weighted by molar-refractivity contribution is -0.0000112. The summed E-state index contributed by atoms with van der Waals surface area (Å²) >= 11 is 0. The highest BCUT2D eigenvalue weighted by Crippen LogP contribution is 2.33. The van der Waals surface area contributed by atoms with Gasteiger partial charge in [0.1, 0.15) is 17.5 Å². The number of rotatable bonds is 3. The third kappa shape index (κ3) is 6.70. The van der Waals surface area contributed by atoms with E-state index in [1.165, 1.54) is 36.4 Å². The second-order valence-corrected chi connectivity index (χ2v) is 6.34. The largest absolute Gasteiger partial charge is 1.00 e. The molecule has 0 atom stereocenters. The summed E-state index contributed by atoms with van der Waals surface area (Å²) in [7, 11) is -3.67. The summed E-state index contributed by atoms with van der Waals surface area (Å²) in [5.41, 5.74) is 3.01. The second-order valence-electron chi connectivity index (χ2n) is 6.34. The Balaban J connectivity index is 0.000000672. The van der Waals surface area contributed by atoms with Crippen LogP contribution in [0.3, 0.4) is 0 Å². The van der Waals surface area contributed by atoms with Crippen molar-refractivity contribution in [3.8, 4) is 33.8 Å². The van der Waals surface area contributed by atoms with E-state index < -0.39 is 7.54 Å². The Morgan fingerprint density at radius 2 is 0.750 bits per heavy atom. The van der Waals surface area contributed by atoms with Crippen molar-refractivity contribution in [2.24, 2.45) is 0 Å². The molecule has 1 aromatic heterocycles. The maximum Gasteiger partial charge on any atom is 0.762 e. The smallest absolute Gasteiger partial charge is 0.762 e. The van der Waals surface area contributed by atoms with Gasteiger partial charge in [-0.1, -0.05) is 12.1 Å². The molecule has 0 bridgehead atoms. The quantitative estimate of drug-likeness (QED) is 0.247. The van der Waals surface area contributed by atoms with E-state index in [-0.39, 0.29) is 22.2 Å². The van der Waals surface area contributed by atoms with E-state index in [4.69, 9.17) is 4.42 Å². The fourth-order valence-corrected chi connectivity index (χ4v) is 2.82. The first-order valence-electron chi connectivity index (χ1n) is 9.00. The molecule has 0 aliphatic heterocycles. The van der Waals surface area contributed by atoms with E-state index in [0.29, 0.717) is 22.6 Å². The number of halogens is 7. The minimum atomic E-state index is -3.67. The van der Waals surface area contributed by atoms with Crippen LogP contribution >= 0.6 is 0 Å². The molecule has 1 heterocycles. The highest BCUT2D eigenvalue weighted by molar-refractivity contribution is 6.33. The summed E-state index contributed by atoms with van der Waals surface area (Å²) in [5, 5.41) is 0. The Labute approximate surface area is 179 Å². The lowest BCUT2D eigenvalue weighted by Crippen LogP contribution is -3.00. The molecule has 3 aromatic carbocycles. The zero-order chi connectivity index (χ0) is 22.4. The van der Waals surface area contributed by atoms with Gasteiger partial charge in [-0.2, -0.15) is 0 Å². The van der Waals surface area contributed by atoms with Crippen LogP contribution in [0.2, 0.25) is 0 Å². The maximum absolute atomic E-state index is 13.3. The van der Waals surface area contributed by atoms with Crippen LogP contribution in [0, 0.1) is 17.5 Å². The number of hydrogen-bond acceptors (Lipinski definition) is 0. The van der Waals surface area contributed by atoms with Gasteiger partial charge < -0.3 is 4.70 Å². The predicted octanol–water partition coefficient (Wildman–Crippen LogP) is 4.86. The zero-order valence-corrected chi connectivity index (χ0v) is 16.2. The topological polar surface area (TPSA) is 11.3 Å². The van der Waals surface area contributed by atoms with Crippen molar-refractivity contribution in [2.75, 3.05) is 0 Å². The predicted molar refractivity (Wildman–Crippen MR) is 108 cm³/mol. The molecule has 0 saturated carbocycles. The second kappa shape index (κ2) is 11.1. The summed E-state index contributed by atoms with van der Waals surface area (Å²) in [5.74, 6) is 0.0450. The molecule has 4 aromatic rings. The van der Waals surface area contributed by atoms with Gasteiger partial charge in [-0.3, -0.25) is 12.9 Å². The molecule has 0 aliphatic carbocycles. The lowest BCUT2D eigenvalue weighted by atomic mass is 10.0. The maximum atomic E-state index is 13.3. The van der Waals surface area contributed by atoms with Crippen LogP contribution in [0.25, 0.3) is 33.8 Å². The average molecular weight is 450 g/mol. The van der Waals surface area contributed by atoms with Crippen LogP contribution in [0.5, 0.6) is 0 Å². The van der Waals surface area contributed by atoms with Crippen molar-refractivity contribution in [3.05, 3.63) is 102 Å². The van der Waals surface area contributed by atoms with E-state index in [9.17, 15) is 26.1 Å². The van der Waals surface area contributed by atoms with Crippen molar-refractivity contribution in [2.45, 2.75) is 0 Å². The molecule has 0 spiro atoms. The van der Waals surface area contributed by atoms with E-state index in [1.54, 1.807) is 36.4 Å². The molecule has 0 amide bonds. The lowest BCUT2D eigenvalue weighted by Gasteiger charge is -2.02. The molecule has 4 rings (SSSR count). The van der Waals surface area contributed by atoms with Gasteiger partial charge in [0.15, 0.2) is 0 Å². The molecule has 1 nitrogen and oxygen atoms in total. The van der Waals surface area contributed by atoms with E-state index in [2.05, 4.69) is 0 Å². The summed E-state index contributed by atoms with van der Waals surface area (Å²) < 4.78 is 74.8. The number of hydrogen-bond donors (Lipinski definition) is 0. The van der Waals surface area contributed by atoms with Crippen molar-refractivity contribution >= 4 is 7.54 Å². The van der Waals surface area contributed by atoms with Gasteiger partial charge in [-0.05, 0) is 66.2 Å². The normalized spacial score (nSPS) is 9.94. The summed E-state index contributed by atoms with van der Waals surface area (Å²) in [6.45, 7) is 0. The first-order valence-corrected chi connectivity index (χ1v) is 9.00. The molecule has 9 heteroatoms. The van der Waals surface area contributed by atoms with Gasteiger partial charge in [-0.15, -0.1) is 0 Å². The van der Waals surface area contributed by atoms with Crippen LogP contribution in [0.15, 0.2) is 89.3 Å². The van der Waals surface area contributed by atoms with Crippen LogP contribution < -0.4 is 4.70 Å². The molecule has 164 valence electrons. The van der Waals surface area contributed by atoms with Gasteiger partial charge in [0.05, 0.1) is 23.3 Å². The van der Waals surface area contributed by atoms with E-state index in [1.807, 2.05) is 12.1 Å². The first kappa shape index (κ1) is 24.7.